The van der Waals surface area contributed by atoms with Crippen molar-refractivity contribution in [2.45, 2.75) is 13.5 Å². The minimum Gasteiger partial charge on any atom is -0.298 e. The average Bonchev–Trinajstić information content (AvgIpc) is 2.83. The van der Waals surface area contributed by atoms with Crippen LogP contribution >= 0.6 is 24.0 Å². The molecule has 0 amide bonds. The van der Waals surface area contributed by atoms with Crippen LogP contribution < -0.4 is 0 Å². The zero-order valence-corrected chi connectivity index (χ0v) is 19.8. The molecule has 1 nitrogen and oxygen atoms in total. The molecule has 0 aliphatic rings. The topological polar surface area (TPSA) is 3.24 Å². The molecule has 0 aliphatic heterocycles. The largest absolute Gasteiger partial charge is 0.298 e. The molecule has 32 heavy (non-hydrogen) atoms. The van der Waals surface area contributed by atoms with Gasteiger partial charge < -0.3 is 0 Å². The molecule has 162 valence electrons. The fourth-order valence-electron chi connectivity index (χ4n) is 4.63. The van der Waals surface area contributed by atoms with Gasteiger partial charge in [-0.1, -0.05) is 91.9 Å². The molecule has 0 radical (unpaired) electrons. The van der Waals surface area contributed by atoms with Gasteiger partial charge in [0.05, 0.1) is 0 Å². The fraction of sp³-hybridized carbons (Fsp3) is 0.172. The monoisotopic (exact) mass is 459 g/mol. The van der Waals surface area contributed by atoms with E-state index < -0.39 is 0 Å². The van der Waals surface area contributed by atoms with Crippen molar-refractivity contribution in [1.29, 1.82) is 0 Å². The van der Waals surface area contributed by atoms with Gasteiger partial charge in [0.2, 0.25) is 0 Å². The molecule has 5 aromatic carbocycles. The summed E-state index contributed by atoms with van der Waals surface area (Å²) in [6, 6.07) is 33.4. The van der Waals surface area contributed by atoms with Crippen LogP contribution in [-0.4, -0.2) is 23.9 Å². The molecule has 0 unspecified atom stereocenters. The quantitative estimate of drug-likeness (QED) is 0.140. The van der Waals surface area contributed by atoms with Gasteiger partial charge in [-0.25, -0.2) is 0 Å². The highest BCUT2D eigenvalue weighted by Crippen LogP contribution is 2.39. The van der Waals surface area contributed by atoms with Gasteiger partial charge in [-0.15, -0.1) is 24.0 Å². The molecule has 0 spiro atoms. The Morgan fingerprint density at radius 2 is 1.38 bits per heavy atom. The number of rotatable bonds is 6. The van der Waals surface area contributed by atoms with Crippen molar-refractivity contribution in [2.75, 3.05) is 19.0 Å². The van der Waals surface area contributed by atoms with Crippen LogP contribution in [0.25, 0.3) is 43.4 Å². The van der Waals surface area contributed by atoms with Crippen LogP contribution in [0.4, 0.5) is 0 Å². The Bertz CT molecular complexity index is 1360. The number of hydrogen-bond acceptors (Lipinski definition) is 1. The van der Waals surface area contributed by atoms with Gasteiger partial charge in [-0.2, -0.15) is 0 Å². The third kappa shape index (κ3) is 4.21. The van der Waals surface area contributed by atoms with E-state index in [0.29, 0.717) is 5.88 Å². The molecule has 0 saturated heterocycles. The van der Waals surface area contributed by atoms with E-state index in [1.807, 2.05) is 0 Å². The normalized spacial score (nSPS) is 11.3. The Labute approximate surface area is 201 Å². The smallest absolute Gasteiger partial charge is 0.0351 e. The second kappa shape index (κ2) is 9.92. The Hall–Kier alpha value is -2.58. The SMILES string of the molecule is CCN(CCCl)Cc1ccc(-c2c3ccccc3cc3c2ccc2ccccc23)cc1.Cl. The van der Waals surface area contributed by atoms with Crippen LogP contribution in [0, 0.1) is 0 Å². The number of fused-ring (bicyclic) bond motifs is 4. The van der Waals surface area contributed by atoms with Crippen LogP contribution in [0.15, 0.2) is 91.0 Å². The number of alkyl halides is 1. The molecule has 0 aliphatic carbocycles. The predicted molar refractivity (Wildman–Crippen MR) is 143 cm³/mol. The first-order valence-corrected chi connectivity index (χ1v) is 11.5. The van der Waals surface area contributed by atoms with Gasteiger partial charge in [0.1, 0.15) is 0 Å². The number of halogens is 2. The maximum absolute atomic E-state index is 5.96. The summed E-state index contributed by atoms with van der Waals surface area (Å²) >= 11 is 5.96. The maximum Gasteiger partial charge on any atom is 0.0351 e. The lowest BCUT2D eigenvalue weighted by molar-refractivity contribution is 0.297. The number of hydrogen-bond donors (Lipinski definition) is 0. The highest BCUT2D eigenvalue weighted by atomic mass is 35.5. The summed E-state index contributed by atoms with van der Waals surface area (Å²) in [5.74, 6) is 0.669. The van der Waals surface area contributed by atoms with Gasteiger partial charge in [-0.05, 0) is 61.6 Å². The van der Waals surface area contributed by atoms with E-state index in [1.54, 1.807) is 0 Å². The Morgan fingerprint density at radius 1 is 0.688 bits per heavy atom. The predicted octanol–water partition coefficient (Wildman–Crippen LogP) is 8.30. The molecule has 5 aromatic rings. The van der Waals surface area contributed by atoms with E-state index in [9.17, 15) is 0 Å². The standard InChI is InChI=1S/C29H26ClN.ClH/c1-2-31(18-17-30)20-21-11-13-23(14-12-21)29-26-10-6-4-8-24(26)19-28-25-9-5-3-7-22(25)15-16-27(28)29;/h3-16,19H,2,17-18,20H2,1H3;1H. The third-order valence-corrected chi connectivity index (χ3v) is 6.44. The third-order valence-electron chi connectivity index (χ3n) is 6.27. The lowest BCUT2D eigenvalue weighted by Crippen LogP contribution is -2.24. The average molecular weight is 460 g/mol. The van der Waals surface area contributed by atoms with Gasteiger partial charge in [0.15, 0.2) is 0 Å². The second-order valence-corrected chi connectivity index (χ2v) is 8.49. The number of benzene rings is 5. The van der Waals surface area contributed by atoms with E-state index in [4.69, 9.17) is 11.6 Å². The zero-order valence-electron chi connectivity index (χ0n) is 18.2. The van der Waals surface area contributed by atoms with Crippen molar-refractivity contribution >= 4 is 56.3 Å². The highest BCUT2D eigenvalue weighted by Gasteiger charge is 2.12. The molecule has 5 rings (SSSR count). The summed E-state index contributed by atoms with van der Waals surface area (Å²) in [5.41, 5.74) is 3.91. The van der Waals surface area contributed by atoms with Crippen molar-refractivity contribution in [3.63, 3.8) is 0 Å². The Morgan fingerprint density at radius 3 is 2.09 bits per heavy atom. The van der Waals surface area contributed by atoms with Crippen molar-refractivity contribution in [3.8, 4) is 11.1 Å². The van der Waals surface area contributed by atoms with Crippen molar-refractivity contribution in [3.05, 3.63) is 96.6 Å². The minimum absolute atomic E-state index is 0. The molecule has 0 saturated carbocycles. The molecular weight excluding hydrogens is 433 g/mol. The molecule has 0 bridgehead atoms. The summed E-state index contributed by atoms with van der Waals surface area (Å²) in [6.07, 6.45) is 0. The molecular formula is C29H27Cl2N. The van der Waals surface area contributed by atoms with Crippen LogP contribution in [-0.2, 0) is 6.54 Å². The number of nitrogens with zero attached hydrogens (tertiary/aromatic N) is 1. The van der Waals surface area contributed by atoms with Crippen molar-refractivity contribution in [2.24, 2.45) is 0 Å². The van der Waals surface area contributed by atoms with Crippen molar-refractivity contribution in [1.82, 2.24) is 4.90 Å². The minimum atomic E-state index is 0. The van der Waals surface area contributed by atoms with Crippen molar-refractivity contribution < 1.29 is 0 Å². The first kappa shape index (κ1) is 22.6. The summed E-state index contributed by atoms with van der Waals surface area (Å²) in [4.78, 5) is 2.38. The van der Waals surface area contributed by atoms with E-state index in [2.05, 4.69) is 103 Å². The Balaban J connectivity index is 0.00000245. The molecule has 3 heteroatoms. The Kier molecular flexibility index (Phi) is 7.01. The van der Waals surface area contributed by atoms with Gasteiger partial charge in [-0.3, -0.25) is 4.90 Å². The van der Waals surface area contributed by atoms with Gasteiger partial charge in [0.25, 0.3) is 0 Å². The lowest BCUT2D eigenvalue weighted by atomic mass is 9.89. The van der Waals surface area contributed by atoms with Crippen LogP contribution in [0.3, 0.4) is 0 Å². The lowest BCUT2D eigenvalue weighted by Gasteiger charge is -2.19. The zero-order chi connectivity index (χ0) is 21.2. The molecule has 0 fully saturated rings. The van der Waals surface area contributed by atoms with E-state index >= 15 is 0 Å². The summed E-state index contributed by atoms with van der Waals surface area (Å²) < 4.78 is 0. The van der Waals surface area contributed by atoms with Crippen LogP contribution in [0.5, 0.6) is 0 Å². The summed E-state index contributed by atoms with van der Waals surface area (Å²) in [7, 11) is 0. The van der Waals surface area contributed by atoms with E-state index in [1.165, 1.54) is 49.0 Å². The van der Waals surface area contributed by atoms with Gasteiger partial charge in [0, 0.05) is 19.0 Å². The molecule has 0 heterocycles. The van der Waals surface area contributed by atoms with Crippen LogP contribution in [0.1, 0.15) is 12.5 Å². The second-order valence-electron chi connectivity index (χ2n) is 8.11. The fourth-order valence-corrected chi connectivity index (χ4v) is 4.87. The summed E-state index contributed by atoms with van der Waals surface area (Å²) in [5, 5.41) is 7.80. The molecule has 0 N–H and O–H groups in total. The first-order valence-electron chi connectivity index (χ1n) is 11.0. The highest BCUT2D eigenvalue weighted by molar-refractivity contribution is 6.20. The summed E-state index contributed by atoms with van der Waals surface area (Å²) in [6.45, 7) is 5.05. The van der Waals surface area contributed by atoms with Crippen LogP contribution in [0.2, 0.25) is 0 Å². The molecule has 0 atom stereocenters. The first-order chi connectivity index (χ1) is 15.3. The van der Waals surface area contributed by atoms with E-state index in [0.717, 1.165) is 19.6 Å². The van der Waals surface area contributed by atoms with Gasteiger partial charge >= 0.3 is 0 Å². The maximum atomic E-state index is 5.96. The van der Waals surface area contributed by atoms with E-state index in [-0.39, 0.29) is 12.4 Å². The molecule has 0 aromatic heterocycles.